The normalized spacial score (nSPS) is 24.3. The average molecular weight is 251 g/mol. The van der Waals surface area contributed by atoms with Gasteiger partial charge in [-0.3, -0.25) is 4.79 Å². The fourth-order valence-electron chi connectivity index (χ4n) is 2.44. The van der Waals surface area contributed by atoms with Crippen molar-refractivity contribution >= 4 is 5.91 Å². The quantitative estimate of drug-likeness (QED) is 0.894. The number of aliphatic hydroxyl groups is 1. The van der Waals surface area contributed by atoms with E-state index in [4.69, 9.17) is 4.42 Å². The zero-order chi connectivity index (χ0) is 13.1. The van der Waals surface area contributed by atoms with Crippen LogP contribution < -0.4 is 0 Å². The van der Waals surface area contributed by atoms with Crippen LogP contribution in [-0.2, 0) is 6.42 Å². The number of furan rings is 1. The summed E-state index contributed by atoms with van der Waals surface area (Å²) < 4.78 is 5.49. The van der Waals surface area contributed by atoms with E-state index < -0.39 is 0 Å². The molecule has 1 aromatic rings. The fraction of sp³-hybridized carbons (Fsp3) is 0.643. The molecule has 2 rings (SSSR count). The van der Waals surface area contributed by atoms with Gasteiger partial charge in [-0.2, -0.15) is 0 Å². The Balaban J connectivity index is 2.05. The summed E-state index contributed by atoms with van der Waals surface area (Å²) in [6.45, 7) is 5.28. The van der Waals surface area contributed by atoms with Crippen molar-refractivity contribution in [2.24, 2.45) is 5.92 Å². The molecular weight excluding hydrogens is 230 g/mol. The molecule has 0 saturated carbocycles. The van der Waals surface area contributed by atoms with Crippen LogP contribution in [0.25, 0.3) is 0 Å². The summed E-state index contributed by atoms with van der Waals surface area (Å²) in [5, 5.41) is 9.82. The summed E-state index contributed by atoms with van der Waals surface area (Å²) in [5.41, 5.74) is 0. The maximum absolute atomic E-state index is 12.2. The van der Waals surface area contributed by atoms with Crippen molar-refractivity contribution in [2.75, 3.05) is 13.1 Å². The second-order valence-electron chi connectivity index (χ2n) is 4.90. The van der Waals surface area contributed by atoms with Gasteiger partial charge in [-0.15, -0.1) is 0 Å². The molecule has 2 atom stereocenters. The molecule has 1 N–H and O–H groups in total. The van der Waals surface area contributed by atoms with Crippen LogP contribution in [0, 0.1) is 5.92 Å². The van der Waals surface area contributed by atoms with Crippen molar-refractivity contribution in [3.63, 3.8) is 0 Å². The molecule has 18 heavy (non-hydrogen) atoms. The number of rotatable bonds is 3. The molecule has 0 spiro atoms. The number of carbonyl (C=O) groups excluding carboxylic acids is 1. The maximum atomic E-state index is 12.2. The monoisotopic (exact) mass is 251 g/mol. The molecule has 4 heteroatoms. The largest absolute Gasteiger partial charge is 0.456 e. The first-order valence-corrected chi connectivity index (χ1v) is 6.71. The number of aliphatic hydroxyl groups excluding tert-OH is 1. The smallest absolute Gasteiger partial charge is 0.289 e. The van der Waals surface area contributed by atoms with E-state index in [-0.39, 0.29) is 17.9 Å². The zero-order valence-electron chi connectivity index (χ0n) is 11.1. The molecule has 2 heterocycles. The first-order valence-electron chi connectivity index (χ1n) is 6.71. The molecule has 0 aromatic carbocycles. The minimum absolute atomic E-state index is 0.0555. The lowest BCUT2D eigenvalue weighted by Gasteiger charge is -2.35. The van der Waals surface area contributed by atoms with Gasteiger partial charge in [0.15, 0.2) is 5.76 Å². The number of carbonyl (C=O) groups is 1. The lowest BCUT2D eigenvalue weighted by Crippen LogP contribution is -2.45. The van der Waals surface area contributed by atoms with Gasteiger partial charge in [0.1, 0.15) is 5.76 Å². The molecule has 1 aliphatic rings. The third-order valence-corrected chi connectivity index (χ3v) is 3.73. The highest BCUT2D eigenvalue weighted by Crippen LogP contribution is 2.22. The van der Waals surface area contributed by atoms with Crippen molar-refractivity contribution in [1.29, 1.82) is 0 Å². The lowest BCUT2D eigenvalue weighted by molar-refractivity contribution is 0.0212. The van der Waals surface area contributed by atoms with Crippen LogP contribution in [0.5, 0.6) is 0 Å². The third kappa shape index (κ3) is 2.58. The van der Waals surface area contributed by atoms with E-state index in [1.165, 1.54) is 0 Å². The van der Waals surface area contributed by atoms with E-state index in [1.807, 2.05) is 19.9 Å². The molecule has 0 bridgehead atoms. The highest BCUT2D eigenvalue weighted by molar-refractivity contribution is 5.91. The van der Waals surface area contributed by atoms with Crippen LogP contribution in [0.1, 0.15) is 43.0 Å². The predicted octanol–water partition coefficient (Wildman–Crippen LogP) is 2.08. The van der Waals surface area contributed by atoms with Gasteiger partial charge in [-0.05, 0) is 25.0 Å². The number of amides is 1. The van der Waals surface area contributed by atoms with E-state index >= 15 is 0 Å². The number of aryl methyl sites for hydroxylation is 1. The number of hydrogen-bond acceptors (Lipinski definition) is 3. The molecule has 0 aliphatic carbocycles. The fourth-order valence-corrected chi connectivity index (χ4v) is 2.44. The Labute approximate surface area is 108 Å². The lowest BCUT2D eigenvalue weighted by atomic mass is 9.92. The Bertz CT molecular complexity index is 413. The molecule has 1 fully saturated rings. The molecule has 1 aromatic heterocycles. The van der Waals surface area contributed by atoms with Crippen molar-refractivity contribution in [3.8, 4) is 0 Å². The van der Waals surface area contributed by atoms with Crippen molar-refractivity contribution in [3.05, 3.63) is 23.7 Å². The van der Waals surface area contributed by atoms with E-state index in [1.54, 1.807) is 11.0 Å². The van der Waals surface area contributed by atoms with Crippen molar-refractivity contribution < 1.29 is 14.3 Å². The first-order chi connectivity index (χ1) is 8.65. The number of nitrogens with zero attached hydrogens (tertiary/aromatic N) is 1. The highest BCUT2D eigenvalue weighted by Gasteiger charge is 2.30. The van der Waals surface area contributed by atoms with Gasteiger partial charge >= 0.3 is 0 Å². The van der Waals surface area contributed by atoms with Gasteiger partial charge in [-0.1, -0.05) is 13.8 Å². The summed E-state index contributed by atoms with van der Waals surface area (Å²) in [6, 6.07) is 3.59. The van der Waals surface area contributed by atoms with Crippen LogP contribution in [0.2, 0.25) is 0 Å². The SMILES string of the molecule is CCc1ccc(C(=O)N2CCC(O)C(CC)C2)o1. The summed E-state index contributed by atoms with van der Waals surface area (Å²) in [4.78, 5) is 14.0. The van der Waals surface area contributed by atoms with Crippen LogP contribution in [0.4, 0.5) is 0 Å². The summed E-state index contributed by atoms with van der Waals surface area (Å²) in [7, 11) is 0. The van der Waals surface area contributed by atoms with Gasteiger partial charge in [0.05, 0.1) is 6.10 Å². The van der Waals surface area contributed by atoms with Gasteiger partial charge in [0.25, 0.3) is 5.91 Å². The molecule has 0 radical (unpaired) electrons. The van der Waals surface area contributed by atoms with E-state index in [0.29, 0.717) is 25.3 Å². The topological polar surface area (TPSA) is 53.7 Å². The Morgan fingerprint density at radius 2 is 2.28 bits per heavy atom. The third-order valence-electron chi connectivity index (χ3n) is 3.73. The molecule has 1 aliphatic heterocycles. The molecule has 1 saturated heterocycles. The molecule has 100 valence electrons. The van der Waals surface area contributed by atoms with Crippen LogP contribution >= 0.6 is 0 Å². The summed E-state index contributed by atoms with van der Waals surface area (Å²) in [5.74, 6) is 1.38. The van der Waals surface area contributed by atoms with Crippen molar-refractivity contribution in [2.45, 2.75) is 39.2 Å². The second-order valence-corrected chi connectivity index (χ2v) is 4.90. The van der Waals surface area contributed by atoms with Crippen LogP contribution in [0.3, 0.4) is 0 Å². The number of piperidine rings is 1. The van der Waals surface area contributed by atoms with Gasteiger partial charge in [-0.25, -0.2) is 0 Å². The second kappa shape index (κ2) is 5.57. The highest BCUT2D eigenvalue weighted by atomic mass is 16.4. The summed E-state index contributed by atoms with van der Waals surface area (Å²) in [6.07, 6.45) is 2.07. The van der Waals surface area contributed by atoms with Gasteiger partial charge in [0.2, 0.25) is 0 Å². The van der Waals surface area contributed by atoms with E-state index in [2.05, 4.69) is 0 Å². The Hall–Kier alpha value is -1.29. The Morgan fingerprint density at radius 3 is 2.89 bits per heavy atom. The number of hydrogen-bond donors (Lipinski definition) is 1. The maximum Gasteiger partial charge on any atom is 0.289 e. The van der Waals surface area contributed by atoms with Crippen molar-refractivity contribution in [1.82, 2.24) is 4.90 Å². The Kier molecular flexibility index (Phi) is 4.07. The molecule has 4 nitrogen and oxygen atoms in total. The average Bonchev–Trinajstić information content (AvgIpc) is 2.87. The standard InChI is InChI=1S/C14H21NO3/c1-3-10-9-15(8-7-12(10)16)14(17)13-6-5-11(4-2)18-13/h5-6,10,12,16H,3-4,7-9H2,1-2H3. The number of likely N-dealkylation sites (tertiary alicyclic amines) is 1. The van der Waals surface area contributed by atoms with Crippen LogP contribution in [0.15, 0.2) is 16.5 Å². The molecule has 2 unspecified atom stereocenters. The zero-order valence-corrected chi connectivity index (χ0v) is 11.1. The van der Waals surface area contributed by atoms with Gasteiger partial charge in [0, 0.05) is 25.4 Å². The minimum Gasteiger partial charge on any atom is -0.456 e. The molecule has 1 amide bonds. The summed E-state index contributed by atoms with van der Waals surface area (Å²) >= 11 is 0. The van der Waals surface area contributed by atoms with E-state index in [0.717, 1.165) is 18.6 Å². The van der Waals surface area contributed by atoms with E-state index in [9.17, 15) is 9.90 Å². The molecular formula is C14H21NO3. The first kappa shape index (κ1) is 13.1. The van der Waals surface area contributed by atoms with Gasteiger partial charge < -0.3 is 14.4 Å². The van der Waals surface area contributed by atoms with Crippen LogP contribution in [-0.4, -0.2) is 35.1 Å². The predicted molar refractivity (Wildman–Crippen MR) is 68.4 cm³/mol. The Morgan fingerprint density at radius 1 is 1.50 bits per heavy atom. The minimum atomic E-state index is -0.276.